The van der Waals surface area contributed by atoms with Crippen molar-refractivity contribution in [3.05, 3.63) is 12.2 Å². The summed E-state index contributed by atoms with van der Waals surface area (Å²) in [6.45, 7) is 4.57. The second kappa shape index (κ2) is 25.7. The summed E-state index contributed by atoms with van der Waals surface area (Å²) in [6, 6.07) is 0. The third-order valence-electron chi connectivity index (χ3n) is 5.87. The SMILES string of the molecule is CCCC/C=C/CCCCCCCCCCCCCCCCCCCCC. The maximum absolute atomic E-state index is 2.41. The van der Waals surface area contributed by atoms with Crippen molar-refractivity contribution in [2.45, 2.75) is 162 Å². The van der Waals surface area contributed by atoms with E-state index in [1.165, 1.54) is 148 Å². The number of hydrogen-bond donors (Lipinski definition) is 0. The number of unbranched alkanes of at least 4 members (excludes halogenated alkanes) is 21. The van der Waals surface area contributed by atoms with Gasteiger partial charge >= 0.3 is 0 Å². The Balaban J connectivity index is 3.00. The Hall–Kier alpha value is -0.260. The van der Waals surface area contributed by atoms with Gasteiger partial charge in [-0.05, 0) is 19.3 Å². The van der Waals surface area contributed by atoms with Crippen molar-refractivity contribution >= 4 is 0 Å². The van der Waals surface area contributed by atoms with Gasteiger partial charge in [0, 0.05) is 0 Å². The summed E-state index contributed by atoms with van der Waals surface area (Å²) in [5, 5.41) is 0. The van der Waals surface area contributed by atoms with Gasteiger partial charge in [-0.15, -0.1) is 0 Å². The van der Waals surface area contributed by atoms with Gasteiger partial charge in [0.2, 0.25) is 0 Å². The Morgan fingerprint density at radius 3 is 0.889 bits per heavy atom. The molecule has 27 heavy (non-hydrogen) atoms. The van der Waals surface area contributed by atoms with Gasteiger partial charge in [0.15, 0.2) is 0 Å². The standard InChI is InChI=1S/C27H54/c1-3-5-7-9-11-13-15-17-19-21-23-25-27-26-24-22-20-18-16-14-12-10-8-6-4-2/h9,11H,3-8,10,12-27H2,1-2H3/b11-9+. The van der Waals surface area contributed by atoms with Gasteiger partial charge in [0.05, 0.1) is 0 Å². The average molecular weight is 379 g/mol. The molecule has 0 radical (unpaired) electrons. The normalized spacial score (nSPS) is 11.6. The van der Waals surface area contributed by atoms with Crippen LogP contribution in [0.1, 0.15) is 162 Å². The third kappa shape index (κ3) is 25.7. The molecule has 0 heteroatoms. The lowest BCUT2D eigenvalue weighted by molar-refractivity contribution is 0.523. The van der Waals surface area contributed by atoms with Crippen molar-refractivity contribution in [2.75, 3.05) is 0 Å². The number of allylic oxidation sites excluding steroid dienone is 2. The molecule has 0 saturated heterocycles. The van der Waals surface area contributed by atoms with Crippen LogP contribution < -0.4 is 0 Å². The van der Waals surface area contributed by atoms with Crippen LogP contribution in [0, 0.1) is 0 Å². The first-order valence-electron chi connectivity index (χ1n) is 13.1. The van der Waals surface area contributed by atoms with Gasteiger partial charge in [-0.2, -0.15) is 0 Å². The van der Waals surface area contributed by atoms with Gasteiger partial charge in [-0.25, -0.2) is 0 Å². The molecule has 0 aliphatic heterocycles. The van der Waals surface area contributed by atoms with E-state index in [-0.39, 0.29) is 0 Å². The predicted octanol–water partition coefficient (Wildman–Crippen LogP) is 10.6. The lowest BCUT2D eigenvalue weighted by atomic mass is 10.0. The van der Waals surface area contributed by atoms with Crippen LogP contribution in [0.25, 0.3) is 0 Å². The van der Waals surface area contributed by atoms with Crippen LogP contribution in [0.3, 0.4) is 0 Å². The fourth-order valence-corrected chi connectivity index (χ4v) is 3.90. The largest absolute Gasteiger partial charge is 0.0885 e. The molecule has 0 amide bonds. The van der Waals surface area contributed by atoms with Gasteiger partial charge in [0.25, 0.3) is 0 Å². The highest BCUT2D eigenvalue weighted by Crippen LogP contribution is 2.14. The van der Waals surface area contributed by atoms with Crippen LogP contribution in [0.4, 0.5) is 0 Å². The van der Waals surface area contributed by atoms with E-state index in [0.29, 0.717) is 0 Å². The molecule has 0 nitrogen and oxygen atoms in total. The van der Waals surface area contributed by atoms with E-state index in [1.807, 2.05) is 0 Å². The second-order valence-corrected chi connectivity index (χ2v) is 8.77. The minimum Gasteiger partial charge on any atom is -0.0885 e. The Bertz CT molecular complexity index is 265. The van der Waals surface area contributed by atoms with Crippen molar-refractivity contribution in [2.24, 2.45) is 0 Å². The van der Waals surface area contributed by atoms with Crippen molar-refractivity contribution in [1.82, 2.24) is 0 Å². The predicted molar refractivity (Wildman–Crippen MR) is 127 cm³/mol. The zero-order valence-corrected chi connectivity index (χ0v) is 19.4. The van der Waals surface area contributed by atoms with Crippen LogP contribution in [0.15, 0.2) is 12.2 Å². The van der Waals surface area contributed by atoms with E-state index in [2.05, 4.69) is 26.0 Å². The maximum atomic E-state index is 2.41. The van der Waals surface area contributed by atoms with Crippen molar-refractivity contribution < 1.29 is 0 Å². The molecule has 0 spiro atoms. The average Bonchev–Trinajstić information content (AvgIpc) is 2.68. The molecule has 0 atom stereocenters. The molecule has 0 aromatic rings. The Morgan fingerprint density at radius 2 is 0.556 bits per heavy atom. The molecule has 0 N–H and O–H groups in total. The molecular weight excluding hydrogens is 324 g/mol. The Kier molecular flexibility index (Phi) is 25.5. The van der Waals surface area contributed by atoms with Gasteiger partial charge in [-0.1, -0.05) is 154 Å². The molecule has 0 bridgehead atoms. The maximum Gasteiger partial charge on any atom is -0.0351 e. The van der Waals surface area contributed by atoms with E-state index < -0.39 is 0 Å². The van der Waals surface area contributed by atoms with Crippen molar-refractivity contribution in [3.63, 3.8) is 0 Å². The number of hydrogen-bond acceptors (Lipinski definition) is 0. The lowest BCUT2D eigenvalue weighted by Gasteiger charge is -2.03. The van der Waals surface area contributed by atoms with Crippen LogP contribution in [-0.4, -0.2) is 0 Å². The topological polar surface area (TPSA) is 0 Å². The Morgan fingerprint density at radius 1 is 0.296 bits per heavy atom. The molecule has 162 valence electrons. The minimum atomic E-state index is 1.29. The molecule has 0 aromatic carbocycles. The van der Waals surface area contributed by atoms with E-state index in [0.717, 1.165) is 0 Å². The molecule has 0 heterocycles. The second-order valence-electron chi connectivity index (χ2n) is 8.77. The summed E-state index contributed by atoms with van der Waals surface area (Å²) < 4.78 is 0. The summed E-state index contributed by atoms with van der Waals surface area (Å²) in [4.78, 5) is 0. The summed E-state index contributed by atoms with van der Waals surface area (Å²) in [7, 11) is 0. The first-order valence-corrected chi connectivity index (χ1v) is 13.1. The summed E-state index contributed by atoms with van der Waals surface area (Å²) in [5.74, 6) is 0. The fourth-order valence-electron chi connectivity index (χ4n) is 3.90. The highest BCUT2D eigenvalue weighted by Gasteiger charge is 1.95. The quantitative estimate of drug-likeness (QED) is 0.122. The monoisotopic (exact) mass is 378 g/mol. The van der Waals surface area contributed by atoms with Crippen LogP contribution >= 0.6 is 0 Å². The van der Waals surface area contributed by atoms with Gasteiger partial charge in [-0.3, -0.25) is 0 Å². The zero-order chi connectivity index (χ0) is 19.7. The molecule has 0 saturated carbocycles. The highest BCUT2D eigenvalue weighted by atomic mass is 14.0. The van der Waals surface area contributed by atoms with Crippen LogP contribution in [0.2, 0.25) is 0 Å². The fraction of sp³-hybridized carbons (Fsp3) is 0.926. The smallest absolute Gasteiger partial charge is 0.0351 e. The lowest BCUT2D eigenvalue weighted by Crippen LogP contribution is -1.84. The molecule has 0 rings (SSSR count). The van der Waals surface area contributed by atoms with Gasteiger partial charge in [0.1, 0.15) is 0 Å². The van der Waals surface area contributed by atoms with E-state index in [1.54, 1.807) is 0 Å². The summed E-state index contributed by atoms with van der Waals surface area (Å²) in [6.07, 6.45) is 37.9. The zero-order valence-electron chi connectivity index (χ0n) is 19.4. The van der Waals surface area contributed by atoms with Gasteiger partial charge < -0.3 is 0 Å². The molecule has 0 aliphatic carbocycles. The first kappa shape index (κ1) is 26.7. The summed E-state index contributed by atoms with van der Waals surface area (Å²) in [5.41, 5.74) is 0. The van der Waals surface area contributed by atoms with Crippen LogP contribution in [0.5, 0.6) is 0 Å². The number of rotatable bonds is 23. The molecule has 0 fully saturated rings. The first-order chi connectivity index (χ1) is 13.4. The molecule has 0 unspecified atom stereocenters. The summed E-state index contributed by atoms with van der Waals surface area (Å²) >= 11 is 0. The molecule has 0 aliphatic rings. The van der Waals surface area contributed by atoms with E-state index in [9.17, 15) is 0 Å². The van der Waals surface area contributed by atoms with Crippen LogP contribution in [-0.2, 0) is 0 Å². The van der Waals surface area contributed by atoms with E-state index in [4.69, 9.17) is 0 Å². The molecular formula is C27H54. The Labute approximate surface area is 174 Å². The van der Waals surface area contributed by atoms with Crippen molar-refractivity contribution in [1.29, 1.82) is 0 Å². The minimum absolute atomic E-state index is 1.29. The van der Waals surface area contributed by atoms with E-state index >= 15 is 0 Å². The third-order valence-corrected chi connectivity index (χ3v) is 5.87. The highest BCUT2D eigenvalue weighted by molar-refractivity contribution is 4.81. The van der Waals surface area contributed by atoms with Crippen molar-refractivity contribution in [3.8, 4) is 0 Å². The molecule has 0 aromatic heterocycles.